The van der Waals surface area contributed by atoms with Crippen LogP contribution < -0.4 is 9.22 Å². The minimum atomic E-state index is 0.506. The molecule has 122 valence electrons. The summed E-state index contributed by atoms with van der Waals surface area (Å²) in [6, 6.07) is 17.7. The third-order valence-electron chi connectivity index (χ3n) is 3.86. The van der Waals surface area contributed by atoms with Crippen molar-refractivity contribution in [1.29, 1.82) is 0 Å². The second-order valence-electron chi connectivity index (χ2n) is 6.05. The first-order chi connectivity index (χ1) is 11.6. The van der Waals surface area contributed by atoms with Crippen LogP contribution in [0.1, 0.15) is 5.82 Å². The van der Waals surface area contributed by atoms with Gasteiger partial charge in [0.15, 0.2) is 0 Å². The lowest BCUT2D eigenvalue weighted by Crippen LogP contribution is -2.40. The van der Waals surface area contributed by atoms with Gasteiger partial charge in [0.1, 0.15) is 18.0 Å². The Labute approximate surface area is 141 Å². The molecule has 1 heterocycles. The van der Waals surface area contributed by atoms with Crippen LogP contribution in [0.5, 0.6) is 5.75 Å². The van der Waals surface area contributed by atoms with Crippen LogP contribution in [-0.2, 0) is 6.54 Å². The Morgan fingerprint density at radius 1 is 0.833 bits per heavy atom. The Morgan fingerprint density at radius 2 is 1.46 bits per heavy atom. The van der Waals surface area contributed by atoms with E-state index in [0.717, 1.165) is 11.3 Å². The molecule has 0 N–H and O–H groups in total. The van der Waals surface area contributed by atoms with E-state index in [9.17, 15) is 0 Å². The van der Waals surface area contributed by atoms with Crippen molar-refractivity contribution < 1.29 is 4.74 Å². The lowest BCUT2D eigenvalue weighted by molar-refractivity contribution is 0.376. The molecule has 24 heavy (non-hydrogen) atoms. The van der Waals surface area contributed by atoms with Crippen molar-refractivity contribution in [2.24, 2.45) is 0 Å². The number of rotatable bonds is 5. The first-order valence-electron chi connectivity index (χ1n) is 7.68. The predicted molar refractivity (Wildman–Crippen MR) is 93.4 cm³/mol. The van der Waals surface area contributed by atoms with Crippen molar-refractivity contribution >= 4 is 5.69 Å². The van der Waals surface area contributed by atoms with Crippen molar-refractivity contribution in [1.82, 2.24) is 24.9 Å². The van der Waals surface area contributed by atoms with Crippen molar-refractivity contribution in [3.05, 3.63) is 60.4 Å². The van der Waals surface area contributed by atoms with Gasteiger partial charge < -0.3 is 4.74 Å². The van der Waals surface area contributed by atoms with Gasteiger partial charge in [0, 0.05) is 5.56 Å². The van der Waals surface area contributed by atoms with E-state index in [0.29, 0.717) is 22.7 Å². The van der Waals surface area contributed by atoms with Crippen LogP contribution in [0.25, 0.3) is 11.4 Å². The third-order valence-corrected chi connectivity index (χ3v) is 3.86. The molecule has 0 saturated carbocycles. The number of hydrogen-bond donors (Lipinski definition) is 0. The van der Waals surface area contributed by atoms with Crippen LogP contribution in [0, 0.1) is 0 Å². The number of methoxy groups -OCH3 is 1. The maximum atomic E-state index is 5.15. The first-order valence-corrected chi connectivity index (χ1v) is 7.68. The number of ether oxygens (including phenoxy) is 1. The fraction of sp³-hybridized carbons (Fsp3) is 0.222. The Bertz CT molecular complexity index is 786. The average Bonchev–Trinajstić information content (AvgIpc) is 2.63. The zero-order valence-electron chi connectivity index (χ0n) is 14.0. The van der Waals surface area contributed by atoms with Gasteiger partial charge in [-0.1, -0.05) is 18.2 Å². The van der Waals surface area contributed by atoms with Crippen molar-refractivity contribution in [3.8, 4) is 17.1 Å². The summed E-state index contributed by atoms with van der Waals surface area (Å²) in [5.74, 6) is 1.91. The van der Waals surface area contributed by atoms with Gasteiger partial charge in [-0.05, 0) is 36.4 Å². The molecule has 0 fully saturated rings. The molecule has 2 aromatic carbocycles. The molecule has 6 heteroatoms. The van der Waals surface area contributed by atoms with Gasteiger partial charge in [0.2, 0.25) is 11.6 Å². The van der Waals surface area contributed by atoms with E-state index in [2.05, 4.69) is 46.6 Å². The van der Waals surface area contributed by atoms with Crippen molar-refractivity contribution in [2.75, 3.05) is 21.2 Å². The number of hydrogen-bond acceptors (Lipinski definition) is 5. The van der Waals surface area contributed by atoms with Crippen LogP contribution >= 0.6 is 0 Å². The van der Waals surface area contributed by atoms with E-state index >= 15 is 0 Å². The smallest absolute Gasteiger partial charge is 0.227 e. The van der Waals surface area contributed by atoms with E-state index in [1.807, 2.05) is 42.5 Å². The molecule has 3 aromatic rings. The summed E-state index contributed by atoms with van der Waals surface area (Å²) in [6.45, 7) is 0.618. The van der Waals surface area contributed by atoms with E-state index in [4.69, 9.17) is 4.74 Å². The van der Waals surface area contributed by atoms with E-state index < -0.39 is 0 Å². The third kappa shape index (κ3) is 3.55. The highest BCUT2D eigenvalue weighted by Gasteiger charge is 2.21. The maximum Gasteiger partial charge on any atom is 0.227 e. The lowest BCUT2D eigenvalue weighted by Gasteiger charge is -2.27. The number of benzene rings is 2. The number of quaternary nitrogens is 1. The van der Waals surface area contributed by atoms with Gasteiger partial charge in [0.05, 0.1) is 21.2 Å². The zero-order valence-corrected chi connectivity index (χ0v) is 14.0. The maximum absolute atomic E-state index is 5.15. The zero-order chi connectivity index (χ0) is 17.0. The van der Waals surface area contributed by atoms with Gasteiger partial charge in [0.25, 0.3) is 0 Å². The number of nitrogens with zero attached hydrogens (tertiary/aromatic N) is 5. The molecular formula is C18H20N5O+. The topological polar surface area (TPSA) is 60.8 Å². The Kier molecular flexibility index (Phi) is 4.48. The largest absolute Gasteiger partial charge is 0.497 e. The molecule has 0 bridgehead atoms. The summed E-state index contributed by atoms with van der Waals surface area (Å²) in [4.78, 5) is 0. The van der Waals surface area contributed by atoms with Crippen molar-refractivity contribution in [2.45, 2.75) is 6.54 Å². The summed E-state index contributed by atoms with van der Waals surface area (Å²) in [5, 5.41) is 16.9. The van der Waals surface area contributed by atoms with Gasteiger partial charge in [-0.2, -0.15) is 0 Å². The normalized spacial score (nSPS) is 11.3. The first kappa shape index (κ1) is 16.0. The Morgan fingerprint density at radius 3 is 2.04 bits per heavy atom. The van der Waals surface area contributed by atoms with Gasteiger partial charge in [-0.25, -0.2) is 0 Å². The van der Waals surface area contributed by atoms with Crippen molar-refractivity contribution in [3.63, 3.8) is 0 Å². The van der Waals surface area contributed by atoms with Crippen LogP contribution in [0.15, 0.2) is 54.6 Å². The summed E-state index contributed by atoms with van der Waals surface area (Å²) < 4.78 is 5.78. The summed E-state index contributed by atoms with van der Waals surface area (Å²) in [6.07, 6.45) is 0. The second kappa shape index (κ2) is 6.72. The molecule has 1 aromatic heterocycles. The molecule has 0 atom stereocenters. The molecule has 0 radical (unpaired) electrons. The fourth-order valence-electron chi connectivity index (χ4n) is 2.45. The SMILES string of the molecule is COc1ccc(-c2nnc(C[N+](C)(C)c3ccccc3)nn2)cc1. The molecular weight excluding hydrogens is 302 g/mol. The molecule has 0 aliphatic carbocycles. The highest BCUT2D eigenvalue weighted by Crippen LogP contribution is 2.21. The molecule has 0 unspecified atom stereocenters. The Balaban J connectivity index is 1.77. The lowest BCUT2D eigenvalue weighted by atomic mass is 10.2. The van der Waals surface area contributed by atoms with Crippen LogP contribution in [0.3, 0.4) is 0 Å². The summed E-state index contributed by atoms with van der Waals surface area (Å²) >= 11 is 0. The number of aromatic nitrogens is 4. The van der Waals surface area contributed by atoms with Gasteiger partial charge in [-0.15, -0.1) is 20.4 Å². The minimum absolute atomic E-state index is 0.506. The second-order valence-corrected chi connectivity index (χ2v) is 6.05. The summed E-state index contributed by atoms with van der Waals surface area (Å²) in [5.41, 5.74) is 2.04. The number of para-hydroxylation sites is 1. The molecule has 6 nitrogen and oxygen atoms in total. The van der Waals surface area contributed by atoms with Gasteiger partial charge in [-0.3, -0.25) is 4.48 Å². The van der Waals surface area contributed by atoms with Crippen LogP contribution in [0.4, 0.5) is 5.69 Å². The highest BCUT2D eigenvalue weighted by atomic mass is 16.5. The summed E-state index contributed by atoms with van der Waals surface area (Å²) in [7, 11) is 5.85. The Hall–Kier alpha value is -2.86. The highest BCUT2D eigenvalue weighted by molar-refractivity contribution is 5.55. The molecule has 0 aliphatic rings. The van der Waals surface area contributed by atoms with Crippen LogP contribution in [-0.4, -0.2) is 41.6 Å². The van der Waals surface area contributed by atoms with E-state index in [1.54, 1.807) is 7.11 Å². The minimum Gasteiger partial charge on any atom is -0.497 e. The fourth-order valence-corrected chi connectivity index (χ4v) is 2.45. The molecule has 0 amide bonds. The molecule has 0 saturated heterocycles. The predicted octanol–water partition coefficient (Wildman–Crippen LogP) is 2.71. The standard InChI is InChI=1S/C18H20N5O/c1-23(2,15-7-5-4-6-8-15)13-17-19-21-18(22-20-17)14-9-11-16(24-3)12-10-14/h4-12H,13H2,1-3H3/q+1. The molecule has 0 spiro atoms. The van der Waals surface area contributed by atoms with Gasteiger partial charge >= 0.3 is 0 Å². The quantitative estimate of drug-likeness (QED) is 0.676. The van der Waals surface area contributed by atoms with E-state index in [-0.39, 0.29) is 0 Å². The molecule has 0 aliphatic heterocycles. The molecule has 3 rings (SSSR count). The van der Waals surface area contributed by atoms with E-state index in [1.165, 1.54) is 5.69 Å². The van der Waals surface area contributed by atoms with Crippen LogP contribution in [0.2, 0.25) is 0 Å². The average molecular weight is 322 g/mol. The monoisotopic (exact) mass is 322 g/mol.